The Morgan fingerprint density at radius 2 is 1.78 bits per heavy atom. The van der Waals surface area contributed by atoms with Crippen molar-refractivity contribution in [3.63, 3.8) is 0 Å². The number of rotatable bonds is 1. The third-order valence-corrected chi connectivity index (χ3v) is 4.47. The van der Waals surface area contributed by atoms with E-state index in [1.807, 2.05) is 48.5 Å². The quantitative estimate of drug-likeness (QED) is 0.848. The first kappa shape index (κ1) is 11.6. The summed E-state index contributed by atoms with van der Waals surface area (Å²) >= 11 is 7.69. The summed E-state index contributed by atoms with van der Waals surface area (Å²) in [6.07, 6.45) is 0. The average Bonchev–Trinajstić information content (AvgIpc) is 2.39. The monoisotopic (exact) mass is 275 g/mol. The molecule has 0 aliphatic carbocycles. The Bertz CT molecular complexity index is 614. The van der Waals surface area contributed by atoms with Crippen LogP contribution in [0.5, 0.6) is 0 Å². The van der Waals surface area contributed by atoms with E-state index in [-0.39, 0.29) is 11.2 Å². The third-order valence-electron chi connectivity index (χ3n) is 2.82. The Balaban J connectivity index is 2.01. The number of hydrogen-bond donors (Lipinski definition) is 1. The van der Waals surface area contributed by atoms with Crippen LogP contribution >= 0.6 is 23.4 Å². The highest BCUT2D eigenvalue weighted by Crippen LogP contribution is 2.45. The van der Waals surface area contributed by atoms with Crippen LogP contribution in [0.2, 0.25) is 5.02 Å². The highest BCUT2D eigenvalue weighted by molar-refractivity contribution is 8.00. The predicted octanol–water partition coefficient (Wildman–Crippen LogP) is 4.13. The molecule has 1 amide bonds. The Morgan fingerprint density at radius 3 is 2.61 bits per heavy atom. The molecule has 2 nitrogen and oxygen atoms in total. The molecule has 18 heavy (non-hydrogen) atoms. The summed E-state index contributed by atoms with van der Waals surface area (Å²) in [4.78, 5) is 13.2. The second-order valence-electron chi connectivity index (χ2n) is 4.00. The molecule has 1 N–H and O–H groups in total. The molecular formula is C14H10ClNOS. The molecule has 0 radical (unpaired) electrons. The molecule has 4 heteroatoms. The van der Waals surface area contributed by atoms with Crippen LogP contribution in [0.1, 0.15) is 10.8 Å². The van der Waals surface area contributed by atoms with E-state index in [2.05, 4.69) is 5.32 Å². The number of halogens is 1. The Kier molecular flexibility index (Phi) is 3.02. The summed E-state index contributed by atoms with van der Waals surface area (Å²) in [5, 5.41) is 3.26. The number of carbonyl (C=O) groups excluding carboxylic acids is 1. The van der Waals surface area contributed by atoms with Crippen molar-refractivity contribution in [2.24, 2.45) is 0 Å². The minimum atomic E-state index is -0.284. The summed E-state index contributed by atoms with van der Waals surface area (Å²) in [5.41, 5.74) is 1.73. The lowest BCUT2D eigenvalue weighted by Crippen LogP contribution is -2.23. The van der Waals surface area contributed by atoms with E-state index in [4.69, 9.17) is 11.6 Å². The number of amides is 1. The first-order valence-electron chi connectivity index (χ1n) is 5.56. The first-order valence-corrected chi connectivity index (χ1v) is 6.82. The molecule has 1 aliphatic heterocycles. The number of carbonyl (C=O) groups is 1. The lowest BCUT2D eigenvalue weighted by molar-refractivity contribution is -0.115. The Labute approximate surface area is 114 Å². The van der Waals surface area contributed by atoms with Crippen molar-refractivity contribution in [3.05, 3.63) is 59.1 Å². The molecule has 0 saturated heterocycles. The van der Waals surface area contributed by atoms with Crippen molar-refractivity contribution in [2.75, 3.05) is 5.32 Å². The van der Waals surface area contributed by atoms with Gasteiger partial charge >= 0.3 is 0 Å². The molecule has 3 rings (SSSR count). The Morgan fingerprint density at radius 1 is 1.06 bits per heavy atom. The number of fused-ring (bicyclic) bond motifs is 1. The second kappa shape index (κ2) is 4.67. The summed E-state index contributed by atoms with van der Waals surface area (Å²) in [5.74, 6) is -0.0215. The molecule has 2 aromatic rings. The second-order valence-corrected chi connectivity index (χ2v) is 5.56. The summed E-state index contributed by atoms with van der Waals surface area (Å²) in [6.45, 7) is 0. The molecule has 0 bridgehead atoms. The molecule has 0 aromatic heterocycles. The van der Waals surface area contributed by atoms with E-state index in [9.17, 15) is 4.79 Å². The van der Waals surface area contributed by atoms with Crippen molar-refractivity contribution in [3.8, 4) is 0 Å². The van der Waals surface area contributed by atoms with E-state index in [1.165, 1.54) is 11.8 Å². The highest BCUT2D eigenvalue weighted by Gasteiger charge is 2.29. The van der Waals surface area contributed by atoms with Gasteiger partial charge in [-0.2, -0.15) is 0 Å². The normalized spacial score (nSPS) is 18.1. The fourth-order valence-corrected chi connectivity index (χ4v) is 3.41. The van der Waals surface area contributed by atoms with Gasteiger partial charge in [0, 0.05) is 9.92 Å². The molecule has 90 valence electrons. The SMILES string of the molecule is O=C1Nc2ccccc2SC1c1ccccc1Cl. The number of para-hydroxylation sites is 1. The summed E-state index contributed by atoms with van der Waals surface area (Å²) in [6, 6.07) is 15.3. The van der Waals surface area contributed by atoms with Gasteiger partial charge in [-0.25, -0.2) is 0 Å². The molecule has 0 fully saturated rings. The first-order chi connectivity index (χ1) is 8.75. The van der Waals surface area contributed by atoms with Crippen molar-refractivity contribution in [1.29, 1.82) is 0 Å². The average molecular weight is 276 g/mol. The number of anilines is 1. The van der Waals surface area contributed by atoms with Gasteiger partial charge < -0.3 is 5.32 Å². The number of benzene rings is 2. The molecule has 1 heterocycles. The standard InChI is InChI=1S/C14H10ClNOS/c15-10-6-2-1-5-9(10)13-14(17)16-11-7-3-4-8-12(11)18-13/h1-8,13H,(H,16,17). The van der Waals surface area contributed by atoms with E-state index in [1.54, 1.807) is 0 Å². The van der Waals surface area contributed by atoms with E-state index >= 15 is 0 Å². The maximum absolute atomic E-state index is 12.1. The minimum absolute atomic E-state index is 0.0215. The summed E-state index contributed by atoms with van der Waals surface area (Å²) in [7, 11) is 0. The van der Waals surface area contributed by atoms with Gasteiger partial charge in [0.25, 0.3) is 0 Å². The molecule has 1 aliphatic rings. The molecule has 0 saturated carbocycles. The van der Waals surface area contributed by atoms with Gasteiger partial charge in [0.2, 0.25) is 5.91 Å². The molecule has 1 atom stereocenters. The van der Waals surface area contributed by atoms with Crippen LogP contribution in [-0.4, -0.2) is 5.91 Å². The molecule has 2 aromatic carbocycles. The van der Waals surface area contributed by atoms with Crippen LogP contribution in [0.25, 0.3) is 0 Å². The number of hydrogen-bond acceptors (Lipinski definition) is 2. The fraction of sp³-hybridized carbons (Fsp3) is 0.0714. The summed E-state index contributed by atoms with van der Waals surface area (Å²) < 4.78 is 0. The van der Waals surface area contributed by atoms with Crippen molar-refractivity contribution in [1.82, 2.24) is 0 Å². The maximum Gasteiger partial charge on any atom is 0.242 e. The molecular weight excluding hydrogens is 266 g/mol. The van der Waals surface area contributed by atoms with Gasteiger partial charge in [0.1, 0.15) is 5.25 Å². The number of nitrogens with one attached hydrogen (secondary N) is 1. The van der Waals surface area contributed by atoms with Gasteiger partial charge in [-0.1, -0.05) is 41.9 Å². The van der Waals surface area contributed by atoms with Crippen molar-refractivity contribution < 1.29 is 4.79 Å². The van der Waals surface area contributed by atoms with Crippen molar-refractivity contribution >= 4 is 35.0 Å². The van der Waals surface area contributed by atoms with E-state index < -0.39 is 0 Å². The zero-order valence-corrected chi connectivity index (χ0v) is 11.0. The highest BCUT2D eigenvalue weighted by atomic mass is 35.5. The van der Waals surface area contributed by atoms with Gasteiger partial charge in [0.05, 0.1) is 5.69 Å². The van der Waals surface area contributed by atoms with E-state index in [0.29, 0.717) is 5.02 Å². The van der Waals surface area contributed by atoms with Gasteiger partial charge in [-0.3, -0.25) is 4.79 Å². The van der Waals surface area contributed by atoms with Crippen LogP contribution in [0, 0.1) is 0 Å². The zero-order valence-electron chi connectivity index (χ0n) is 9.39. The van der Waals surface area contributed by atoms with E-state index in [0.717, 1.165) is 16.1 Å². The van der Waals surface area contributed by atoms with Crippen LogP contribution in [0.4, 0.5) is 5.69 Å². The zero-order chi connectivity index (χ0) is 12.5. The molecule has 1 unspecified atom stereocenters. The smallest absolute Gasteiger partial charge is 0.242 e. The lowest BCUT2D eigenvalue weighted by Gasteiger charge is -2.24. The van der Waals surface area contributed by atoms with Gasteiger partial charge in [-0.05, 0) is 23.8 Å². The van der Waals surface area contributed by atoms with Crippen molar-refractivity contribution in [2.45, 2.75) is 10.1 Å². The largest absolute Gasteiger partial charge is 0.324 e. The Hall–Kier alpha value is -1.45. The topological polar surface area (TPSA) is 29.1 Å². The third kappa shape index (κ3) is 2.00. The lowest BCUT2D eigenvalue weighted by atomic mass is 10.1. The fourth-order valence-electron chi connectivity index (χ4n) is 1.94. The minimum Gasteiger partial charge on any atom is -0.324 e. The maximum atomic E-state index is 12.1. The number of thioether (sulfide) groups is 1. The van der Waals surface area contributed by atoms with Crippen LogP contribution in [0.3, 0.4) is 0 Å². The van der Waals surface area contributed by atoms with Crippen LogP contribution < -0.4 is 5.32 Å². The predicted molar refractivity (Wildman–Crippen MR) is 75.1 cm³/mol. The van der Waals surface area contributed by atoms with Gasteiger partial charge in [-0.15, -0.1) is 11.8 Å². The van der Waals surface area contributed by atoms with Gasteiger partial charge in [0.15, 0.2) is 0 Å². The van der Waals surface area contributed by atoms with Crippen LogP contribution in [-0.2, 0) is 4.79 Å². The molecule has 0 spiro atoms. The van der Waals surface area contributed by atoms with Crippen LogP contribution in [0.15, 0.2) is 53.4 Å².